The Bertz CT molecular complexity index is 890. The molecular formula is C23H30F3N3O4. The fourth-order valence-corrected chi connectivity index (χ4v) is 5.05. The van der Waals surface area contributed by atoms with E-state index >= 15 is 0 Å². The Labute approximate surface area is 190 Å². The van der Waals surface area contributed by atoms with Crippen LogP contribution < -0.4 is 4.90 Å². The van der Waals surface area contributed by atoms with Gasteiger partial charge in [-0.2, -0.15) is 13.2 Å². The first-order valence-electron chi connectivity index (χ1n) is 11.4. The molecule has 2 N–H and O–H groups in total. The molecule has 0 radical (unpaired) electrons. The summed E-state index contributed by atoms with van der Waals surface area (Å²) in [5, 5.41) is 20.2. The van der Waals surface area contributed by atoms with Crippen molar-refractivity contribution in [3.63, 3.8) is 0 Å². The van der Waals surface area contributed by atoms with Gasteiger partial charge < -0.3 is 24.9 Å². The Kier molecular flexibility index (Phi) is 6.59. The van der Waals surface area contributed by atoms with Gasteiger partial charge in [-0.25, -0.2) is 4.79 Å². The van der Waals surface area contributed by atoms with E-state index in [1.165, 1.54) is 11.0 Å². The second kappa shape index (κ2) is 9.13. The number of carbonyl (C=O) groups excluding carboxylic acids is 1. The third-order valence-electron chi connectivity index (χ3n) is 7.40. The van der Waals surface area contributed by atoms with E-state index in [9.17, 15) is 33.0 Å². The standard InChI is InChI=1S/C23H30F3N3O4/c24-23(25,26)16-2-1-3-17(14-16)28-10-5-20(31)29(13-12-28)18(21(32)33)4-9-27-11-8-22(6-7-22)19(30)15-27/h1-3,14,18-19,30H,4-13,15H2,(H,32,33)/t18-,19-/m1/s1. The van der Waals surface area contributed by atoms with Gasteiger partial charge in [0.05, 0.1) is 11.7 Å². The van der Waals surface area contributed by atoms with Crippen molar-refractivity contribution in [1.82, 2.24) is 9.80 Å². The van der Waals surface area contributed by atoms with Crippen LogP contribution in [0, 0.1) is 5.41 Å². The molecule has 0 unspecified atom stereocenters. The van der Waals surface area contributed by atoms with Crippen LogP contribution >= 0.6 is 0 Å². The van der Waals surface area contributed by atoms with Crippen molar-refractivity contribution in [2.75, 3.05) is 44.2 Å². The molecule has 0 bridgehead atoms. The molecule has 0 aromatic heterocycles. The van der Waals surface area contributed by atoms with E-state index in [4.69, 9.17) is 0 Å². The van der Waals surface area contributed by atoms with Crippen LogP contribution in [0.5, 0.6) is 0 Å². The SMILES string of the molecule is O=C(O)[C@@H](CCN1CCC2(CC2)[C@H](O)C1)N1CCN(c2cccc(C(F)(F)F)c2)CCC1=O. The van der Waals surface area contributed by atoms with Gasteiger partial charge in [-0.15, -0.1) is 0 Å². The zero-order valence-electron chi connectivity index (χ0n) is 18.4. The molecule has 33 heavy (non-hydrogen) atoms. The van der Waals surface area contributed by atoms with Gasteiger partial charge in [0.25, 0.3) is 0 Å². The second-order valence-electron chi connectivity index (χ2n) is 9.44. The second-order valence-corrected chi connectivity index (χ2v) is 9.44. The molecule has 2 heterocycles. The smallest absolute Gasteiger partial charge is 0.416 e. The molecule has 7 nitrogen and oxygen atoms in total. The minimum absolute atomic E-state index is 0.0327. The fraction of sp³-hybridized carbons (Fsp3) is 0.652. The molecule has 1 spiro atoms. The molecule has 1 aromatic carbocycles. The fourth-order valence-electron chi connectivity index (χ4n) is 5.05. The van der Waals surface area contributed by atoms with Crippen LogP contribution in [0.2, 0.25) is 0 Å². The number of hydrogen-bond donors (Lipinski definition) is 2. The van der Waals surface area contributed by atoms with Crippen LogP contribution in [-0.2, 0) is 15.8 Å². The van der Waals surface area contributed by atoms with Crippen molar-refractivity contribution in [1.29, 1.82) is 0 Å². The summed E-state index contributed by atoms with van der Waals surface area (Å²) in [6, 6.07) is 3.96. The highest BCUT2D eigenvalue weighted by Gasteiger charge is 2.51. The van der Waals surface area contributed by atoms with Crippen LogP contribution in [0.25, 0.3) is 0 Å². The zero-order valence-corrected chi connectivity index (χ0v) is 18.4. The Balaban J connectivity index is 1.39. The minimum Gasteiger partial charge on any atom is -0.480 e. The third kappa shape index (κ3) is 5.27. The van der Waals surface area contributed by atoms with Crippen molar-refractivity contribution in [2.24, 2.45) is 5.41 Å². The molecule has 2 saturated heterocycles. The highest BCUT2D eigenvalue weighted by molar-refractivity contribution is 5.84. The monoisotopic (exact) mass is 469 g/mol. The number of halogens is 3. The van der Waals surface area contributed by atoms with Crippen molar-refractivity contribution >= 4 is 17.6 Å². The van der Waals surface area contributed by atoms with E-state index in [1.54, 1.807) is 11.0 Å². The number of likely N-dealkylation sites (tertiary alicyclic amines) is 1. The Hall–Kier alpha value is -2.33. The molecule has 2 atom stereocenters. The lowest BCUT2D eigenvalue weighted by atomic mass is 9.90. The van der Waals surface area contributed by atoms with E-state index in [0.29, 0.717) is 18.8 Å². The molecule has 1 saturated carbocycles. The number of aliphatic carboxylic acids is 1. The number of alkyl halides is 3. The quantitative estimate of drug-likeness (QED) is 0.666. The van der Waals surface area contributed by atoms with Crippen molar-refractivity contribution in [3.8, 4) is 0 Å². The Morgan fingerprint density at radius 1 is 1.15 bits per heavy atom. The molecule has 3 aliphatic rings. The summed E-state index contributed by atoms with van der Waals surface area (Å²) in [7, 11) is 0. The van der Waals surface area contributed by atoms with Gasteiger partial charge in [0, 0.05) is 44.8 Å². The summed E-state index contributed by atoms with van der Waals surface area (Å²) in [5.74, 6) is -1.40. The number of carbonyl (C=O) groups is 2. The number of carboxylic acid groups (broad SMARTS) is 1. The number of carboxylic acids is 1. The molecule has 2 aliphatic heterocycles. The average molecular weight is 470 g/mol. The van der Waals surface area contributed by atoms with Gasteiger partial charge in [0.2, 0.25) is 5.91 Å². The van der Waals surface area contributed by atoms with Gasteiger partial charge in [-0.3, -0.25) is 4.79 Å². The topological polar surface area (TPSA) is 84.3 Å². The highest BCUT2D eigenvalue weighted by Crippen LogP contribution is 2.53. The molecule has 1 amide bonds. The highest BCUT2D eigenvalue weighted by atomic mass is 19.4. The third-order valence-corrected chi connectivity index (χ3v) is 7.40. The van der Waals surface area contributed by atoms with E-state index < -0.39 is 29.9 Å². The Morgan fingerprint density at radius 3 is 2.55 bits per heavy atom. The summed E-state index contributed by atoms with van der Waals surface area (Å²) in [6.07, 6.45) is -1.58. The predicted molar refractivity (Wildman–Crippen MR) is 115 cm³/mol. The summed E-state index contributed by atoms with van der Waals surface area (Å²) in [4.78, 5) is 29.9. The molecule has 182 valence electrons. The van der Waals surface area contributed by atoms with Crippen LogP contribution in [0.4, 0.5) is 18.9 Å². The van der Waals surface area contributed by atoms with Crippen molar-refractivity contribution < 1.29 is 33.0 Å². The van der Waals surface area contributed by atoms with Gasteiger partial charge in [0.1, 0.15) is 6.04 Å². The lowest BCUT2D eigenvalue weighted by Crippen LogP contribution is -2.50. The number of aliphatic hydroxyl groups excluding tert-OH is 1. The van der Waals surface area contributed by atoms with E-state index in [2.05, 4.69) is 4.90 Å². The van der Waals surface area contributed by atoms with E-state index in [1.807, 2.05) is 0 Å². The van der Waals surface area contributed by atoms with Crippen LogP contribution in [0.3, 0.4) is 0 Å². The number of hydrogen-bond acceptors (Lipinski definition) is 5. The van der Waals surface area contributed by atoms with Gasteiger partial charge in [-0.1, -0.05) is 6.07 Å². The van der Waals surface area contributed by atoms with Crippen molar-refractivity contribution in [3.05, 3.63) is 29.8 Å². The first kappa shape index (κ1) is 23.8. The summed E-state index contributed by atoms with van der Waals surface area (Å²) in [6.45, 7) is 2.39. The van der Waals surface area contributed by atoms with Crippen LogP contribution in [0.1, 0.15) is 37.7 Å². The first-order valence-corrected chi connectivity index (χ1v) is 11.4. The maximum Gasteiger partial charge on any atom is 0.416 e. The summed E-state index contributed by atoms with van der Waals surface area (Å²) < 4.78 is 39.2. The number of rotatable bonds is 6. The molecular weight excluding hydrogens is 439 g/mol. The number of aliphatic hydroxyl groups is 1. The molecule has 4 rings (SSSR count). The number of amides is 1. The molecule has 1 aliphatic carbocycles. The number of piperidine rings is 1. The van der Waals surface area contributed by atoms with E-state index in [-0.39, 0.29) is 43.8 Å². The summed E-state index contributed by atoms with van der Waals surface area (Å²) >= 11 is 0. The lowest BCUT2D eigenvalue weighted by Gasteiger charge is -2.37. The normalized spacial score (nSPS) is 24.6. The lowest BCUT2D eigenvalue weighted by molar-refractivity contribution is -0.150. The van der Waals surface area contributed by atoms with Gasteiger partial charge >= 0.3 is 12.1 Å². The number of anilines is 1. The van der Waals surface area contributed by atoms with E-state index in [0.717, 1.165) is 37.9 Å². The van der Waals surface area contributed by atoms with Gasteiger partial charge in [0.15, 0.2) is 0 Å². The number of benzene rings is 1. The summed E-state index contributed by atoms with van der Waals surface area (Å²) in [5.41, 5.74) is -0.328. The number of β-amino-alcohol motifs (C(OH)–C–C–N with tert-alkyl or cyclic N) is 1. The van der Waals surface area contributed by atoms with Crippen LogP contribution in [-0.4, -0.2) is 83.3 Å². The zero-order chi connectivity index (χ0) is 23.8. The average Bonchev–Trinajstić information content (AvgIpc) is 3.56. The minimum atomic E-state index is -4.46. The Morgan fingerprint density at radius 2 is 1.91 bits per heavy atom. The maximum absolute atomic E-state index is 13.1. The maximum atomic E-state index is 13.1. The van der Waals surface area contributed by atoms with Gasteiger partial charge in [-0.05, 0) is 55.8 Å². The number of nitrogens with zero attached hydrogens (tertiary/aromatic N) is 3. The predicted octanol–water partition coefficient (Wildman–Crippen LogP) is 2.43. The largest absolute Gasteiger partial charge is 0.480 e. The molecule has 3 fully saturated rings. The molecule has 10 heteroatoms. The van der Waals surface area contributed by atoms with Crippen LogP contribution in [0.15, 0.2) is 24.3 Å². The first-order chi connectivity index (χ1) is 15.6. The molecule has 1 aromatic rings. The van der Waals surface area contributed by atoms with Crippen molar-refractivity contribution in [2.45, 2.75) is 50.4 Å².